The largest absolute Gasteiger partial charge is 0.370 e. The Labute approximate surface area is 108 Å². The summed E-state index contributed by atoms with van der Waals surface area (Å²) in [4.78, 5) is 18.1. The van der Waals surface area contributed by atoms with Crippen LogP contribution in [0.25, 0.3) is 0 Å². The molecule has 1 aromatic rings. The van der Waals surface area contributed by atoms with E-state index < -0.39 is 0 Å². The molecule has 4 heteroatoms. The second-order valence-corrected chi connectivity index (χ2v) is 4.71. The number of hydrogen-bond donors (Lipinski definition) is 1. The van der Waals surface area contributed by atoms with E-state index in [1.165, 1.54) is 0 Å². The average Bonchev–Trinajstić information content (AvgIpc) is 2.40. The molecule has 4 nitrogen and oxygen atoms in total. The quantitative estimate of drug-likeness (QED) is 0.869. The zero-order chi connectivity index (χ0) is 12.8. The SMILES string of the molecule is CCCNc1ncccc1CN1CCCCC1=O. The van der Waals surface area contributed by atoms with E-state index in [9.17, 15) is 4.79 Å². The van der Waals surface area contributed by atoms with Gasteiger partial charge in [-0.25, -0.2) is 4.98 Å². The highest BCUT2D eigenvalue weighted by molar-refractivity contribution is 5.77. The van der Waals surface area contributed by atoms with Gasteiger partial charge in [-0.15, -0.1) is 0 Å². The fraction of sp³-hybridized carbons (Fsp3) is 0.571. The van der Waals surface area contributed by atoms with Gasteiger partial charge in [0.25, 0.3) is 0 Å². The van der Waals surface area contributed by atoms with Gasteiger partial charge in [0.15, 0.2) is 0 Å². The number of hydrogen-bond acceptors (Lipinski definition) is 3. The molecule has 0 radical (unpaired) electrons. The van der Waals surface area contributed by atoms with Crippen LogP contribution >= 0.6 is 0 Å². The van der Waals surface area contributed by atoms with Crippen molar-refractivity contribution in [2.75, 3.05) is 18.4 Å². The Morgan fingerprint density at radius 2 is 2.33 bits per heavy atom. The molecule has 1 saturated heterocycles. The van der Waals surface area contributed by atoms with E-state index in [0.29, 0.717) is 13.0 Å². The molecule has 18 heavy (non-hydrogen) atoms. The summed E-state index contributed by atoms with van der Waals surface area (Å²) in [7, 11) is 0. The first kappa shape index (κ1) is 12.9. The van der Waals surface area contributed by atoms with Crippen molar-refractivity contribution in [1.82, 2.24) is 9.88 Å². The minimum Gasteiger partial charge on any atom is -0.370 e. The number of carbonyl (C=O) groups excluding carboxylic acids is 1. The van der Waals surface area contributed by atoms with Crippen LogP contribution in [-0.4, -0.2) is 28.9 Å². The molecule has 0 aromatic carbocycles. The van der Waals surface area contributed by atoms with Crippen LogP contribution in [0, 0.1) is 0 Å². The van der Waals surface area contributed by atoms with Crippen molar-refractivity contribution in [1.29, 1.82) is 0 Å². The van der Waals surface area contributed by atoms with Crippen LogP contribution in [0.5, 0.6) is 0 Å². The highest BCUT2D eigenvalue weighted by Gasteiger charge is 2.19. The van der Waals surface area contributed by atoms with Gasteiger partial charge >= 0.3 is 0 Å². The molecule has 0 aliphatic carbocycles. The van der Waals surface area contributed by atoms with Crippen molar-refractivity contribution < 1.29 is 4.79 Å². The number of rotatable bonds is 5. The van der Waals surface area contributed by atoms with Gasteiger partial charge in [-0.3, -0.25) is 4.79 Å². The summed E-state index contributed by atoms with van der Waals surface area (Å²) in [6.07, 6.45) is 5.70. The summed E-state index contributed by atoms with van der Waals surface area (Å²) in [6.45, 7) is 4.60. The number of piperidine rings is 1. The molecule has 0 atom stereocenters. The lowest BCUT2D eigenvalue weighted by Gasteiger charge is -2.27. The zero-order valence-corrected chi connectivity index (χ0v) is 11.0. The molecule has 2 rings (SSSR count). The molecule has 1 amide bonds. The van der Waals surface area contributed by atoms with Crippen molar-refractivity contribution >= 4 is 11.7 Å². The van der Waals surface area contributed by atoms with E-state index in [1.807, 2.05) is 17.0 Å². The molecule has 0 saturated carbocycles. The van der Waals surface area contributed by atoms with Gasteiger partial charge in [-0.05, 0) is 25.3 Å². The topological polar surface area (TPSA) is 45.2 Å². The molecule has 0 spiro atoms. The van der Waals surface area contributed by atoms with Gasteiger partial charge in [0.2, 0.25) is 5.91 Å². The highest BCUT2D eigenvalue weighted by atomic mass is 16.2. The number of amides is 1. The third-order valence-electron chi connectivity index (χ3n) is 3.22. The fourth-order valence-corrected chi connectivity index (χ4v) is 2.20. The van der Waals surface area contributed by atoms with Crippen LogP contribution in [0.2, 0.25) is 0 Å². The van der Waals surface area contributed by atoms with Crippen LogP contribution in [-0.2, 0) is 11.3 Å². The number of likely N-dealkylation sites (tertiary alicyclic amines) is 1. The lowest BCUT2D eigenvalue weighted by Crippen LogP contribution is -2.34. The van der Waals surface area contributed by atoms with Crippen LogP contribution in [0.15, 0.2) is 18.3 Å². The van der Waals surface area contributed by atoms with Gasteiger partial charge in [0.1, 0.15) is 5.82 Å². The maximum Gasteiger partial charge on any atom is 0.222 e. The average molecular weight is 247 g/mol. The molecule has 1 aromatic heterocycles. The summed E-state index contributed by atoms with van der Waals surface area (Å²) in [5.41, 5.74) is 1.11. The molecule has 1 aliphatic heterocycles. The lowest BCUT2D eigenvalue weighted by molar-refractivity contribution is -0.133. The second-order valence-electron chi connectivity index (χ2n) is 4.71. The molecular formula is C14H21N3O. The predicted molar refractivity (Wildman–Crippen MR) is 72.3 cm³/mol. The first-order valence-electron chi connectivity index (χ1n) is 6.77. The summed E-state index contributed by atoms with van der Waals surface area (Å²) in [5, 5.41) is 3.32. The first-order valence-corrected chi connectivity index (χ1v) is 6.77. The van der Waals surface area contributed by atoms with Gasteiger partial charge < -0.3 is 10.2 Å². The smallest absolute Gasteiger partial charge is 0.222 e. The van der Waals surface area contributed by atoms with Crippen molar-refractivity contribution in [2.45, 2.75) is 39.2 Å². The number of nitrogens with one attached hydrogen (secondary N) is 1. The number of anilines is 1. The molecule has 1 fully saturated rings. The second kappa shape index (κ2) is 6.38. The minimum absolute atomic E-state index is 0.270. The number of carbonyl (C=O) groups is 1. The molecule has 1 aliphatic rings. The van der Waals surface area contributed by atoms with Gasteiger partial charge in [0, 0.05) is 37.8 Å². The van der Waals surface area contributed by atoms with E-state index in [2.05, 4.69) is 17.2 Å². The van der Waals surface area contributed by atoms with Gasteiger partial charge in [-0.1, -0.05) is 13.0 Å². The zero-order valence-electron chi connectivity index (χ0n) is 11.0. The van der Waals surface area contributed by atoms with E-state index in [-0.39, 0.29) is 5.91 Å². The number of aromatic nitrogens is 1. The van der Waals surface area contributed by atoms with E-state index >= 15 is 0 Å². The number of nitrogens with zero attached hydrogens (tertiary/aromatic N) is 2. The summed E-state index contributed by atoms with van der Waals surface area (Å²) < 4.78 is 0. The van der Waals surface area contributed by atoms with Gasteiger partial charge in [-0.2, -0.15) is 0 Å². The molecule has 0 bridgehead atoms. The summed E-state index contributed by atoms with van der Waals surface area (Å²) in [5.74, 6) is 1.18. The predicted octanol–water partition coefficient (Wildman–Crippen LogP) is 2.42. The highest BCUT2D eigenvalue weighted by Crippen LogP contribution is 2.18. The third-order valence-corrected chi connectivity index (χ3v) is 3.22. The Bertz CT molecular complexity index is 406. The minimum atomic E-state index is 0.270. The monoisotopic (exact) mass is 247 g/mol. The molecule has 2 heterocycles. The Hall–Kier alpha value is -1.58. The maximum atomic E-state index is 11.8. The Morgan fingerprint density at radius 3 is 3.11 bits per heavy atom. The Balaban J connectivity index is 2.05. The van der Waals surface area contributed by atoms with E-state index in [4.69, 9.17) is 0 Å². The van der Waals surface area contributed by atoms with Crippen molar-refractivity contribution in [3.63, 3.8) is 0 Å². The maximum absolute atomic E-state index is 11.8. The standard InChI is InChI=1S/C14H21N3O/c1-2-8-15-14-12(6-5-9-16-14)11-17-10-4-3-7-13(17)18/h5-6,9H,2-4,7-8,10-11H2,1H3,(H,15,16). The van der Waals surface area contributed by atoms with Crippen LogP contribution in [0.1, 0.15) is 38.2 Å². The number of pyridine rings is 1. The van der Waals surface area contributed by atoms with Crippen molar-refractivity contribution in [3.8, 4) is 0 Å². The normalized spacial score (nSPS) is 15.8. The third kappa shape index (κ3) is 3.22. The molecular weight excluding hydrogens is 226 g/mol. The molecule has 98 valence electrons. The fourth-order valence-electron chi connectivity index (χ4n) is 2.20. The van der Waals surface area contributed by atoms with Crippen LogP contribution < -0.4 is 5.32 Å². The molecule has 1 N–H and O–H groups in total. The Kier molecular flexibility index (Phi) is 4.56. The van der Waals surface area contributed by atoms with Gasteiger partial charge in [0.05, 0.1) is 0 Å². The van der Waals surface area contributed by atoms with E-state index in [0.717, 1.165) is 43.7 Å². The molecule has 0 unspecified atom stereocenters. The van der Waals surface area contributed by atoms with Crippen LogP contribution in [0.4, 0.5) is 5.82 Å². The summed E-state index contributed by atoms with van der Waals surface area (Å²) >= 11 is 0. The van der Waals surface area contributed by atoms with Crippen molar-refractivity contribution in [2.24, 2.45) is 0 Å². The van der Waals surface area contributed by atoms with Crippen LogP contribution in [0.3, 0.4) is 0 Å². The lowest BCUT2D eigenvalue weighted by atomic mass is 10.1. The van der Waals surface area contributed by atoms with E-state index in [1.54, 1.807) is 6.20 Å². The van der Waals surface area contributed by atoms with Crippen molar-refractivity contribution in [3.05, 3.63) is 23.9 Å². The first-order chi connectivity index (χ1) is 8.81. The summed E-state index contributed by atoms with van der Waals surface area (Å²) in [6, 6.07) is 3.98. The Morgan fingerprint density at radius 1 is 1.44 bits per heavy atom.